The lowest BCUT2D eigenvalue weighted by Crippen LogP contribution is -2.44. The van der Waals surface area contributed by atoms with Gasteiger partial charge in [0.1, 0.15) is 52.2 Å². The van der Waals surface area contributed by atoms with Gasteiger partial charge in [-0.25, -0.2) is 32.9 Å². The van der Waals surface area contributed by atoms with E-state index in [2.05, 4.69) is 25.8 Å². The minimum atomic E-state index is -4.93. The first-order valence-corrected chi connectivity index (χ1v) is 47.0. The molecule has 768 valence electrons. The molecule has 145 heavy (non-hydrogen) atoms. The van der Waals surface area contributed by atoms with Gasteiger partial charge < -0.3 is 59.4 Å². The van der Waals surface area contributed by atoms with Crippen molar-refractivity contribution in [3.8, 4) is 34.3 Å². The van der Waals surface area contributed by atoms with Crippen molar-refractivity contribution in [2.24, 2.45) is 0 Å². The first kappa shape index (κ1) is 111. The molecule has 5 amide bonds. The minimum Gasteiger partial charge on any atom is -0.494 e. The molecule has 3 atom stereocenters. The summed E-state index contributed by atoms with van der Waals surface area (Å²) in [5, 5.41) is 9.93. The Morgan fingerprint density at radius 3 is 1.06 bits per heavy atom. The second-order valence-electron chi connectivity index (χ2n) is 33.5. The van der Waals surface area contributed by atoms with Crippen molar-refractivity contribution in [3.63, 3.8) is 0 Å². The molecule has 0 radical (unpaired) electrons. The number of nitrogens with zero attached hydrogens (tertiary/aromatic N) is 12. The number of ether oxygens (including phenoxy) is 4. The van der Waals surface area contributed by atoms with Crippen LogP contribution in [0.3, 0.4) is 0 Å². The fourth-order valence-corrected chi connectivity index (χ4v) is 16.7. The summed E-state index contributed by atoms with van der Waals surface area (Å²) in [5.74, 6) is -3.87. The molecule has 0 saturated heterocycles. The van der Waals surface area contributed by atoms with Gasteiger partial charge in [0.25, 0.3) is 16.7 Å². The average molecular weight is 2020 g/mol. The van der Waals surface area contributed by atoms with E-state index in [9.17, 15) is 91.0 Å². The largest absolute Gasteiger partial charge is 0.494 e. The molecule has 0 bridgehead atoms. The summed E-state index contributed by atoms with van der Waals surface area (Å²) in [4.78, 5) is 136. The minimum absolute atomic E-state index is 0.000589. The van der Waals surface area contributed by atoms with Crippen LogP contribution in [0.25, 0.3) is 49.8 Å². The van der Waals surface area contributed by atoms with Crippen molar-refractivity contribution in [1.29, 1.82) is 0 Å². The molecule has 9 aromatic carbocycles. The lowest BCUT2D eigenvalue weighted by Gasteiger charge is -2.34. The first-order valence-electron chi connectivity index (χ1n) is 47.0. The number of carbonyl (C=O) groups is 5. The predicted molar refractivity (Wildman–Crippen MR) is 525 cm³/mol. The summed E-state index contributed by atoms with van der Waals surface area (Å²) in [7, 11) is 6.22. The van der Waals surface area contributed by atoms with E-state index in [0.717, 1.165) is 43.4 Å². The lowest BCUT2D eigenvalue weighted by molar-refractivity contribution is -0.140. The number of methoxy groups -OCH3 is 1. The highest BCUT2D eigenvalue weighted by atomic mass is 19.4. The van der Waals surface area contributed by atoms with Crippen molar-refractivity contribution in [2.75, 3.05) is 114 Å². The van der Waals surface area contributed by atoms with Gasteiger partial charge in [0, 0.05) is 71.6 Å². The van der Waals surface area contributed by atoms with Crippen molar-refractivity contribution in [3.05, 3.63) is 330 Å². The number of nitrogens with one attached hydrogen (secondary N) is 3. The summed E-state index contributed by atoms with van der Waals surface area (Å²) < 4.78 is 189. The van der Waals surface area contributed by atoms with Gasteiger partial charge in [-0.2, -0.15) is 39.5 Å². The molecule has 13 aromatic rings. The zero-order valence-electron chi connectivity index (χ0n) is 81.5. The highest BCUT2D eigenvalue weighted by molar-refractivity contribution is 5.84. The smallest absolute Gasteiger partial charge is 0.419 e. The molecular formula is C106H113F12N15O12. The van der Waals surface area contributed by atoms with Gasteiger partial charge in [0.15, 0.2) is 0 Å². The number of hydrogen-bond donors (Lipinski definition) is 3. The van der Waals surface area contributed by atoms with E-state index < -0.39 is 107 Å². The lowest BCUT2D eigenvalue weighted by atomic mass is 10.0. The maximum absolute atomic E-state index is 14.5. The Labute approximate surface area is 828 Å². The summed E-state index contributed by atoms with van der Waals surface area (Å²) >= 11 is 0. The number of amides is 5. The Kier molecular flexibility index (Phi) is 39.2. The van der Waals surface area contributed by atoms with Crippen LogP contribution in [-0.4, -0.2) is 201 Å². The van der Waals surface area contributed by atoms with Crippen LogP contribution in [-0.2, 0) is 68.1 Å². The van der Waals surface area contributed by atoms with Gasteiger partial charge in [0.2, 0.25) is 23.6 Å². The molecule has 0 aliphatic rings. The Morgan fingerprint density at radius 1 is 0.407 bits per heavy atom. The number of benzene rings is 9. The van der Waals surface area contributed by atoms with Crippen molar-refractivity contribution in [1.82, 2.24) is 74.1 Å². The molecule has 0 fully saturated rings. The van der Waals surface area contributed by atoms with E-state index in [1.54, 1.807) is 182 Å². The molecule has 4 aromatic heterocycles. The number of likely N-dealkylation sites (N-methyl/N-ethyl adjacent to an activating group) is 1. The molecular weight excluding hydrogens is 1900 g/mol. The summed E-state index contributed by atoms with van der Waals surface area (Å²) in [6.45, 7) is 15.3. The Morgan fingerprint density at radius 2 is 0.745 bits per heavy atom. The number of para-hydroxylation sites is 3. The second kappa shape index (κ2) is 51.4. The number of rotatable bonds is 41. The highest BCUT2D eigenvalue weighted by Gasteiger charge is 2.40. The number of pyridine rings is 1. The monoisotopic (exact) mass is 2020 g/mol. The van der Waals surface area contributed by atoms with E-state index in [1.165, 1.54) is 44.6 Å². The number of alkyl halides is 9. The van der Waals surface area contributed by atoms with Gasteiger partial charge in [0.05, 0.1) is 131 Å². The summed E-state index contributed by atoms with van der Waals surface area (Å²) in [5.41, 5.74) is -1.87. The van der Waals surface area contributed by atoms with Crippen molar-refractivity contribution < 1.29 is 95.6 Å². The zero-order chi connectivity index (χ0) is 105. The van der Waals surface area contributed by atoms with Crippen LogP contribution in [0.15, 0.2) is 239 Å². The van der Waals surface area contributed by atoms with E-state index in [0.29, 0.717) is 162 Å². The van der Waals surface area contributed by atoms with Crippen LogP contribution < -0.4 is 46.8 Å². The van der Waals surface area contributed by atoms with Crippen LogP contribution in [0.5, 0.6) is 17.2 Å². The van der Waals surface area contributed by atoms with Crippen molar-refractivity contribution in [2.45, 2.75) is 123 Å². The maximum atomic E-state index is 14.5. The van der Waals surface area contributed by atoms with Gasteiger partial charge >= 0.3 is 24.6 Å². The number of halogens is 12. The van der Waals surface area contributed by atoms with E-state index >= 15 is 0 Å². The fraction of sp³-hybridized carbons (Fsp3) is 0.340. The topological polar surface area (TPSA) is 292 Å². The molecule has 0 aliphatic carbocycles. The van der Waals surface area contributed by atoms with Crippen LogP contribution in [0.2, 0.25) is 0 Å². The van der Waals surface area contributed by atoms with E-state index in [-0.39, 0.29) is 96.9 Å². The van der Waals surface area contributed by atoms with Gasteiger partial charge in [-0.15, -0.1) is 0 Å². The first-order chi connectivity index (χ1) is 69.4. The average Bonchev–Trinajstić information content (AvgIpc) is 0.764. The van der Waals surface area contributed by atoms with E-state index in [1.807, 2.05) is 46.8 Å². The number of hydrogen-bond acceptors (Lipinski definition) is 19. The maximum Gasteiger partial charge on any atom is 0.419 e. The molecule has 3 unspecified atom stereocenters. The standard InChI is InChI=1S/C36H35F4N5O3.C35H37F4N5O6.C35H41F4N5O3/c1-3-48-27-14-12-26(13-15-27)45-34(43-31-10-5-4-9-28(31)35(45)47)32(17-20-41-2)44(21-18-25-8-6-7-19-42-25)33(46)23-24-11-16-29(30(37)22-24)36(38,39)40;1-5-50-25-13-11-24(12-14-25)44-32(41-29-9-7-6-8-26(29)33(44)47)30(16-18-42(3)34(48)49-4)43(19-17-40-22(2)45)31(46)21-23-10-15-27(28(36)20-23)35(37,38)39;1-5-42(6-2)20-21-43(32(45)23-24-12-17-28(29(36)22-24)35(37,38)39)31(18-19-40-4)33-41-30-11-9-8-10-27(30)34(46)44(33)25-13-15-26(16-14-25)47-7-3/h4-16,19,22,32,41H,3,17-18,20-21,23H2,1-2H3;6-15,20,30H,5,16-19,21H2,1-4H3,(H,40,45);8-17,22,31,40H,5-7,18-21,23H2,1-4H3. The molecule has 27 nitrogen and oxygen atoms in total. The number of carbonyl (C=O) groups excluding carboxylic acids is 5. The van der Waals surface area contributed by atoms with E-state index in [4.69, 9.17) is 33.9 Å². The molecule has 39 heteroatoms. The molecule has 3 N–H and O–H groups in total. The number of fused-ring (bicyclic) bond motifs is 3. The van der Waals surface area contributed by atoms with Gasteiger partial charge in [-0.3, -0.25) is 52.2 Å². The third-order valence-electron chi connectivity index (χ3n) is 23.9. The van der Waals surface area contributed by atoms with Crippen molar-refractivity contribution >= 4 is 62.4 Å². The Bertz CT molecular complexity index is 6790. The second-order valence-corrected chi connectivity index (χ2v) is 33.5. The fourth-order valence-electron chi connectivity index (χ4n) is 16.7. The third-order valence-corrected chi connectivity index (χ3v) is 23.9. The van der Waals surface area contributed by atoms with Gasteiger partial charge in [-0.1, -0.05) is 74.5 Å². The number of aromatic nitrogens is 7. The molecule has 0 spiro atoms. The van der Waals surface area contributed by atoms with Crippen LogP contribution in [0.4, 0.5) is 57.5 Å². The summed E-state index contributed by atoms with van der Waals surface area (Å²) in [6.07, 6.45) is -13.9. The zero-order valence-corrected chi connectivity index (χ0v) is 81.5. The van der Waals surface area contributed by atoms with Crippen LogP contribution in [0.1, 0.15) is 135 Å². The highest BCUT2D eigenvalue weighted by Crippen LogP contribution is 2.38. The SMILES string of the molecule is CCOc1ccc(-n2c(C(CCN(C)C(=O)OC)N(CCNC(C)=O)C(=O)Cc3ccc(C(F)(F)F)c(F)c3)nc3ccccc3c2=O)cc1.CCOc1ccc(-n2c(C(CCNC)N(CCN(CC)CC)C(=O)Cc3ccc(C(F)(F)F)c(F)c3)nc3ccccc3c2=O)cc1.CCOc1ccc(-n2c(C(CCNC)N(CCc3ccccn3)C(=O)Cc3ccc(C(F)(F)F)c(F)c3)nc3ccccc3c2=O)cc1. The van der Waals surface area contributed by atoms with Crippen LogP contribution >= 0.6 is 0 Å². The molecule has 0 saturated carbocycles. The molecule has 13 rings (SSSR count). The Hall–Kier alpha value is -14.9. The normalized spacial score (nSPS) is 12.2. The molecule has 0 aliphatic heterocycles. The predicted octanol–water partition coefficient (Wildman–Crippen LogP) is 17.6. The summed E-state index contributed by atoms with van der Waals surface area (Å²) in [6, 6.07) is 51.3. The van der Waals surface area contributed by atoms with Gasteiger partial charge in [-0.05, 0) is 255 Å². The third kappa shape index (κ3) is 28.8. The Balaban J connectivity index is 0.000000207. The van der Waals surface area contributed by atoms with Crippen LogP contribution in [0, 0.1) is 17.5 Å². The molecule has 4 heterocycles. The quantitative estimate of drug-likeness (QED) is 0.0300.